The quantitative estimate of drug-likeness (QED) is 0.373. The molecule has 1 aromatic heterocycles. The molecule has 1 atom stereocenters. The number of hydrogen-bond donors (Lipinski definition) is 1. The van der Waals surface area contributed by atoms with Crippen molar-refractivity contribution in [2.75, 3.05) is 6.54 Å². The number of aromatic nitrogens is 1. The minimum absolute atomic E-state index is 0.0354. The Morgan fingerprint density at radius 3 is 2.48 bits per heavy atom. The van der Waals surface area contributed by atoms with Gasteiger partial charge in [-0.25, -0.2) is 0 Å². The molecule has 0 aliphatic carbocycles. The maximum atomic E-state index is 13.6. The Morgan fingerprint density at radius 1 is 1.03 bits per heavy atom. The number of carbonyl (C=O) groups is 1. The Labute approximate surface area is 179 Å². The van der Waals surface area contributed by atoms with Gasteiger partial charge in [0.25, 0.3) is 11.6 Å². The third-order valence-corrected chi connectivity index (χ3v) is 6.09. The fraction of sp³-hybridized carbons (Fsp3) is 0.160. The summed E-state index contributed by atoms with van der Waals surface area (Å²) in [5.74, 6) is -0.0363. The van der Waals surface area contributed by atoms with Crippen LogP contribution in [0, 0.1) is 17.0 Å². The van der Waals surface area contributed by atoms with Crippen molar-refractivity contribution >= 4 is 22.5 Å². The van der Waals surface area contributed by atoms with Crippen LogP contribution in [0.1, 0.15) is 38.8 Å². The highest BCUT2D eigenvalue weighted by molar-refractivity contribution is 5.97. The molecule has 2 heterocycles. The molecular weight excluding hydrogens is 390 g/mol. The van der Waals surface area contributed by atoms with Crippen molar-refractivity contribution in [3.05, 3.63) is 111 Å². The van der Waals surface area contributed by atoms with Crippen LogP contribution in [0.3, 0.4) is 0 Å². The van der Waals surface area contributed by atoms with E-state index in [1.54, 1.807) is 12.1 Å². The highest BCUT2D eigenvalue weighted by Gasteiger charge is 2.35. The van der Waals surface area contributed by atoms with E-state index in [1.165, 1.54) is 17.7 Å². The van der Waals surface area contributed by atoms with E-state index in [2.05, 4.69) is 11.1 Å². The van der Waals surface area contributed by atoms with Gasteiger partial charge in [-0.1, -0.05) is 36.4 Å². The number of para-hydroxylation sites is 1. The molecule has 6 nitrogen and oxygen atoms in total. The summed E-state index contributed by atoms with van der Waals surface area (Å²) in [7, 11) is 0. The Balaban J connectivity index is 1.66. The van der Waals surface area contributed by atoms with Gasteiger partial charge in [-0.15, -0.1) is 0 Å². The van der Waals surface area contributed by atoms with Gasteiger partial charge in [0, 0.05) is 40.8 Å². The van der Waals surface area contributed by atoms with Gasteiger partial charge in [-0.3, -0.25) is 14.9 Å². The molecular formula is C25H21N3O3. The van der Waals surface area contributed by atoms with Crippen LogP contribution < -0.4 is 0 Å². The smallest absolute Gasteiger partial charge is 0.269 e. The average Bonchev–Trinajstić information content (AvgIpc) is 3.17. The SMILES string of the molecule is Cc1ccccc1C(=O)N1CCc2c([nH]c3ccccc23)[C@@H]1c1ccc([N+](=O)[O-])cc1. The van der Waals surface area contributed by atoms with Crippen LogP contribution in [-0.2, 0) is 6.42 Å². The van der Waals surface area contributed by atoms with Crippen molar-refractivity contribution in [2.24, 2.45) is 0 Å². The van der Waals surface area contributed by atoms with Crippen LogP contribution in [0.25, 0.3) is 10.9 Å². The predicted molar refractivity (Wildman–Crippen MR) is 119 cm³/mol. The number of nitro benzene ring substituents is 1. The molecule has 0 bridgehead atoms. The van der Waals surface area contributed by atoms with E-state index in [1.807, 2.05) is 54.3 Å². The van der Waals surface area contributed by atoms with Gasteiger partial charge in [0.15, 0.2) is 0 Å². The van der Waals surface area contributed by atoms with Crippen LogP contribution in [0.5, 0.6) is 0 Å². The molecule has 4 aromatic rings. The van der Waals surface area contributed by atoms with Crippen molar-refractivity contribution in [3.8, 4) is 0 Å². The molecule has 31 heavy (non-hydrogen) atoms. The summed E-state index contributed by atoms with van der Waals surface area (Å²) in [5, 5.41) is 12.3. The molecule has 0 saturated heterocycles. The van der Waals surface area contributed by atoms with Crippen molar-refractivity contribution in [2.45, 2.75) is 19.4 Å². The van der Waals surface area contributed by atoms with Crippen LogP contribution in [-0.4, -0.2) is 27.3 Å². The van der Waals surface area contributed by atoms with E-state index >= 15 is 0 Å². The monoisotopic (exact) mass is 411 g/mol. The number of aromatic amines is 1. The first-order valence-corrected chi connectivity index (χ1v) is 10.2. The molecule has 0 radical (unpaired) electrons. The van der Waals surface area contributed by atoms with E-state index in [9.17, 15) is 14.9 Å². The summed E-state index contributed by atoms with van der Waals surface area (Å²) < 4.78 is 0. The van der Waals surface area contributed by atoms with Crippen molar-refractivity contribution in [1.82, 2.24) is 9.88 Å². The Kier molecular flexibility index (Phi) is 4.55. The third-order valence-electron chi connectivity index (χ3n) is 6.09. The number of carbonyl (C=O) groups excluding carboxylic acids is 1. The number of nitro groups is 1. The third kappa shape index (κ3) is 3.17. The molecule has 3 aromatic carbocycles. The van der Waals surface area contributed by atoms with Gasteiger partial charge in [-0.2, -0.15) is 0 Å². The molecule has 1 amide bonds. The standard InChI is InChI=1S/C25H21N3O3/c1-16-6-2-3-7-19(16)25(29)27-15-14-21-20-8-4-5-9-22(20)26-23(21)24(27)17-10-12-18(13-11-17)28(30)31/h2-13,24,26H,14-15H2,1H3/t24-/m0/s1. The summed E-state index contributed by atoms with van der Waals surface area (Å²) in [6.07, 6.45) is 0.750. The lowest BCUT2D eigenvalue weighted by molar-refractivity contribution is -0.384. The number of benzene rings is 3. The van der Waals surface area contributed by atoms with Gasteiger partial charge in [0.05, 0.1) is 11.0 Å². The molecule has 1 aliphatic rings. The van der Waals surface area contributed by atoms with Gasteiger partial charge in [0.2, 0.25) is 0 Å². The maximum Gasteiger partial charge on any atom is 0.269 e. The fourth-order valence-corrected chi connectivity index (χ4v) is 4.55. The number of nitrogens with one attached hydrogen (secondary N) is 1. The normalized spacial score (nSPS) is 15.6. The highest BCUT2D eigenvalue weighted by atomic mass is 16.6. The van der Waals surface area contributed by atoms with Gasteiger partial charge in [0.1, 0.15) is 0 Å². The van der Waals surface area contributed by atoms with Crippen LogP contribution >= 0.6 is 0 Å². The van der Waals surface area contributed by atoms with Gasteiger partial charge < -0.3 is 9.88 Å². The number of fused-ring (bicyclic) bond motifs is 3. The molecule has 154 valence electrons. The summed E-state index contributed by atoms with van der Waals surface area (Å²) in [6.45, 7) is 2.51. The predicted octanol–water partition coefficient (Wildman–Crippen LogP) is 5.17. The molecule has 1 N–H and O–H groups in total. The molecule has 0 spiro atoms. The van der Waals surface area contributed by atoms with E-state index in [4.69, 9.17) is 0 Å². The molecule has 6 heteroatoms. The van der Waals surface area contributed by atoms with Crippen LogP contribution in [0.2, 0.25) is 0 Å². The number of H-pyrrole nitrogens is 1. The Morgan fingerprint density at radius 2 is 1.74 bits per heavy atom. The van der Waals surface area contributed by atoms with Crippen molar-refractivity contribution in [1.29, 1.82) is 0 Å². The number of aryl methyl sites for hydroxylation is 1. The lowest BCUT2D eigenvalue weighted by Gasteiger charge is -2.36. The first kappa shape index (κ1) is 19.1. The van der Waals surface area contributed by atoms with Crippen molar-refractivity contribution in [3.63, 3.8) is 0 Å². The zero-order chi connectivity index (χ0) is 21.5. The average molecular weight is 411 g/mol. The second kappa shape index (κ2) is 7.40. The molecule has 0 unspecified atom stereocenters. The summed E-state index contributed by atoms with van der Waals surface area (Å²) >= 11 is 0. The van der Waals surface area contributed by atoms with Gasteiger partial charge in [-0.05, 0) is 54.3 Å². The largest absolute Gasteiger partial charge is 0.356 e. The maximum absolute atomic E-state index is 13.6. The second-order valence-corrected chi connectivity index (χ2v) is 7.88. The summed E-state index contributed by atoms with van der Waals surface area (Å²) in [6, 6.07) is 21.9. The fourth-order valence-electron chi connectivity index (χ4n) is 4.55. The lowest BCUT2D eigenvalue weighted by atomic mass is 9.91. The first-order valence-electron chi connectivity index (χ1n) is 10.2. The molecule has 0 saturated carbocycles. The number of non-ortho nitro benzene ring substituents is 1. The zero-order valence-electron chi connectivity index (χ0n) is 17.0. The van der Waals surface area contributed by atoms with Gasteiger partial charge >= 0.3 is 0 Å². The minimum atomic E-state index is -0.407. The van der Waals surface area contributed by atoms with E-state index in [-0.39, 0.29) is 17.6 Å². The zero-order valence-corrected chi connectivity index (χ0v) is 17.0. The number of nitrogens with zero attached hydrogens (tertiary/aromatic N) is 2. The molecule has 5 rings (SSSR count). The van der Waals surface area contributed by atoms with E-state index in [0.29, 0.717) is 12.1 Å². The minimum Gasteiger partial charge on any atom is -0.356 e. The van der Waals surface area contributed by atoms with Crippen molar-refractivity contribution < 1.29 is 9.72 Å². The Hall–Kier alpha value is -3.93. The van der Waals surface area contributed by atoms with Crippen LogP contribution in [0.4, 0.5) is 5.69 Å². The molecule has 1 aliphatic heterocycles. The highest BCUT2D eigenvalue weighted by Crippen LogP contribution is 2.39. The van der Waals surface area contributed by atoms with E-state index in [0.717, 1.165) is 34.1 Å². The summed E-state index contributed by atoms with van der Waals surface area (Å²) in [4.78, 5) is 29.7. The number of rotatable bonds is 3. The summed E-state index contributed by atoms with van der Waals surface area (Å²) in [5.41, 5.74) is 5.69. The first-order chi connectivity index (χ1) is 15.0. The molecule has 0 fully saturated rings. The second-order valence-electron chi connectivity index (χ2n) is 7.88. The number of hydrogen-bond acceptors (Lipinski definition) is 3. The van der Waals surface area contributed by atoms with E-state index < -0.39 is 4.92 Å². The van der Waals surface area contributed by atoms with Crippen LogP contribution in [0.15, 0.2) is 72.8 Å². The Bertz CT molecular complexity index is 1310. The topological polar surface area (TPSA) is 79.2 Å². The number of amides is 1. The lowest BCUT2D eigenvalue weighted by Crippen LogP contribution is -2.40.